The van der Waals surface area contributed by atoms with E-state index in [-0.39, 0.29) is 11.4 Å². The number of carbonyl (C=O) groups is 1. The number of primary amides is 1. The van der Waals surface area contributed by atoms with Crippen molar-refractivity contribution >= 4 is 23.4 Å². The molecule has 0 saturated carbocycles. The normalized spacial score (nSPS) is 16.2. The van der Waals surface area contributed by atoms with Crippen molar-refractivity contribution in [3.63, 3.8) is 0 Å². The standard InChI is InChI=1S/C13H15ClN4O2.C13H17F2NO/c1-8(19)7-10-11(14)12(16-13(15)20)18(17-10)9-5-3-2-4-6-9;1-17-7-6-16-5-4-11(9-16)10-2-3-12(14)13(15)8-10/h2-6,8,19H,7H2,1H3,(H3,15,16,20);2-3,8,11H,4-7,9H2,1H3. The average molecular weight is 536 g/mol. The fraction of sp³-hybridized carbons (Fsp3) is 0.385. The van der Waals surface area contributed by atoms with E-state index >= 15 is 0 Å². The number of aliphatic hydroxyl groups is 1. The SMILES string of the molecule is CC(O)Cc1nn(-c2ccccc2)c(NC(N)=O)c1Cl.COCCN1CCC(c2ccc(F)c(F)c2)C1. The summed E-state index contributed by atoms with van der Waals surface area (Å²) in [6, 6.07) is 12.7. The molecule has 4 N–H and O–H groups in total. The Morgan fingerprint density at radius 2 is 2.00 bits per heavy atom. The third-order valence-electron chi connectivity index (χ3n) is 5.92. The lowest BCUT2D eigenvalue weighted by Gasteiger charge is -2.15. The Morgan fingerprint density at radius 3 is 2.62 bits per heavy atom. The molecule has 0 spiro atoms. The highest BCUT2D eigenvalue weighted by Gasteiger charge is 2.24. The largest absolute Gasteiger partial charge is 0.393 e. The van der Waals surface area contributed by atoms with Crippen molar-refractivity contribution in [2.45, 2.75) is 31.8 Å². The summed E-state index contributed by atoms with van der Waals surface area (Å²) in [6.07, 6.45) is 0.689. The number of ether oxygens (including phenoxy) is 1. The molecule has 1 saturated heterocycles. The molecule has 1 aliphatic rings. The fourth-order valence-electron chi connectivity index (χ4n) is 4.13. The van der Waals surface area contributed by atoms with Gasteiger partial charge in [-0.3, -0.25) is 5.32 Å². The van der Waals surface area contributed by atoms with Gasteiger partial charge in [-0.1, -0.05) is 35.9 Å². The van der Waals surface area contributed by atoms with Crippen LogP contribution in [0.25, 0.3) is 5.69 Å². The molecule has 1 aliphatic heterocycles. The van der Waals surface area contributed by atoms with Crippen LogP contribution in [0.5, 0.6) is 0 Å². The van der Waals surface area contributed by atoms with Crippen molar-refractivity contribution in [3.05, 3.63) is 76.4 Å². The summed E-state index contributed by atoms with van der Waals surface area (Å²) in [5.41, 5.74) is 7.27. The topological polar surface area (TPSA) is 106 Å². The third-order valence-corrected chi connectivity index (χ3v) is 6.32. The number of nitrogens with two attached hydrogens (primary N) is 1. The molecule has 0 radical (unpaired) electrons. The molecule has 1 aromatic heterocycles. The molecule has 11 heteroatoms. The number of methoxy groups -OCH3 is 1. The molecule has 4 rings (SSSR count). The highest BCUT2D eigenvalue weighted by Crippen LogP contribution is 2.30. The van der Waals surface area contributed by atoms with Crippen LogP contribution in [0.15, 0.2) is 48.5 Å². The van der Waals surface area contributed by atoms with Crippen LogP contribution in [0.1, 0.15) is 30.5 Å². The number of anilines is 1. The van der Waals surface area contributed by atoms with E-state index < -0.39 is 23.8 Å². The van der Waals surface area contributed by atoms with E-state index in [1.54, 1.807) is 20.1 Å². The first-order chi connectivity index (χ1) is 17.7. The number of aromatic nitrogens is 2. The first-order valence-corrected chi connectivity index (χ1v) is 12.3. The number of para-hydroxylation sites is 1. The first kappa shape index (κ1) is 28.5. The number of nitrogens with zero attached hydrogens (tertiary/aromatic N) is 3. The summed E-state index contributed by atoms with van der Waals surface area (Å²) in [6.45, 7) is 5.14. The Kier molecular flexibility index (Phi) is 10.4. The van der Waals surface area contributed by atoms with Gasteiger partial charge in [0.25, 0.3) is 0 Å². The van der Waals surface area contributed by atoms with Crippen molar-refractivity contribution in [3.8, 4) is 5.69 Å². The number of hydrogen-bond acceptors (Lipinski definition) is 5. The van der Waals surface area contributed by atoms with E-state index in [2.05, 4.69) is 15.3 Å². The molecule has 2 amide bonds. The van der Waals surface area contributed by atoms with E-state index in [0.29, 0.717) is 24.0 Å². The monoisotopic (exact) mass is 535 g/mol. The number of halogens is 3. The maximum Gasteiger partial charge on any atom is 0.317 e. The van der Waals surface area contributed by atoms with E-state index in [0.717, 1.165) is 37.3 Å². The van der Waals surface area contributed by atoms with Crippen molar-refractivity contribution < 1.29 is 23.4 Å². The van der Waals surface area contributed by atoms with E-state index in [9.17, 15) is 18.7 Å². The minimum Gasteiger partial charge on any atom is -0.393 e. The first-order valence-electron chi connectivity index (χ1n) is 11.9. The number of rotatable bonds is 8. The molecular weight excluding hydrogens is 504 g/mol. The molecule has 200 valence electrons. The molecule has 1 fully saturated rings. The Bertz CT molecular complexity index is 1180. The van der Waals surface area contributed by atoms with Gasteiger partial charge in [-0.05, 0) is 55.6 Å². The van der Waals surface area contributed by atoms with Crippen LogP contribution >= 0.6 is 11.6 Å². The highest BCUT2D eigenvalue weighted by molar-refractivity contribution is 6.34. The van der Waals surface area contributed by atoms with Gasteiger partial charge in [0.15, 0.2) is 17.5 Å². The third kappa shape index (κ3) is 7.96. The van der Waals surface area contributed by atoms with Crippen LogP contribution in [0.4, 0.5) is 19.4 Å². The summed E-state index contributed by atoms with van der Waals surface area (Å²) >= 11 is 6.20. The number of likely N-dealkylation sites (tertiary alicyclic amines) is 1. The Morgan fingerprint density at radius 1 is 1.27 bits per heavy atom. The van der Waals surface area contributed by atoms with Gasteiger partial charge in [-0.25, -0.2) is 18.3 Å². The Hall–Kier alpha value is -3.05. The molecule has 0 bridgehead atoms. The predicted octanol–water partition coefficient (Wildman–Crippen LogP) is 4.34. The lowest BCUT2D eigenvalue weighted by molar-refractivity contribution is 0.160. The lowest BCUT2D eigenvalue weighted by Crippen LogP contribution is -2.24. The maximum absolute atomic E-state index is 13.1. The van der Waals surface area contributed by atoms with Gasteiger partial charge in [0.1, 0.15) is 5.02 Å². The van der Waals surface area contributed by atoms with Crippen LogP contribution in [0.3, 0.4) is 0 Å². The number of benzene rings is 2. The summed E-state index contributed by atoms with van der Waals surface area (Å²) < 4.78 is 32.5. The molecule has 3 aromatic rings. The minimum absolute atomic E-state index is 0.272. The number of carbonyl (C=O) groups excluding carboxylic acids is 1. The molecule has 8 nitrogen and oxygen atoms in total. The van der Waals surface area contributed by atoms with Gasteiger partial charge in [0.2, 0.25) is 0 Å². The van der Waals surface area contributed by atoms with Crippen molar-refractivity contribution in [2.75, 3.05) is 38.7 Å². The van der Waals surface area contributed by atoms with Gasteiger partial charge in [-0.2, -0.15) is 5.10 Å². The van der Waals surface area contributed by atoms with Crippen molar-refractivity contribution in [1.29, 1.82) is 0 Å². The molecule has 0 aliphatic carbocycles. The van der Waals surface area contributed by atoms with Crippen LogP contribution in [-0.4, -0.2) is 65.3 Å². The van der Waals surface area contributed by atoms with E-state index in [1.165, 1.54) is 16.8 Å². The van der Waals surface area contributed by atoms with Gasteiger partial charge in [0, 0.05) is 26.6 Å². The summed E-state index contributed by atoms with van der Waals surface area (Å²) in [5.74, 6) is -0.927. The average Bonchev–Trinajstić information content (AvgIpc) is 3.45. The van der Waals surface area contributed by atoms with Gasteiger partial charge >= 0.3 is 6.03 Å². The van der Waals surface area contributed by atoms with Gasteiger partial charge < -0.3 is 20.5 Å². The van der Waals surface area contributed by atoms with Crippen molar-refractivity contribution in [2.24, 2.45) is 5.73 Å². The highest BCUT2D eigenvalue weighted by atomic mass is 35.5. The molecule has 37 heavy (non-hydrogen) atoms. The van der Waals surface area contributed by atoms with E-state index in [1.807, 2.05) is 30.3 Å². The lowest BCUT2D eigenvalue weighted by atomic mass is 9.98. The minimum atomic E-state index is -0.775. The fourth-order valence-corrected chi connectivity index (χ4v) is 4.37. The predicted molar refractivity (Wildman–Crippen MR) is 139 cm³/mol. The van der Waals surface area contributed by atoms with E-state index in [4.69, 9.17) is 22.1 Å². The zero-order valence-electron chi connectivity index (χ0n) is 20.8. The maximum atomic E-state index is 13.1. The van der Waals surface area contributed by atoms with Crippen LogP contribution in [0.2, 0.25) is 5.02 Å². The number of aliphatic hydroxyl groups excluding tert-OH is 1. The van der Waals surface area contributed by atoms with Crippen molar-refractivity contribution in [1.82, 2.24) is 14.7 Å². The summed E-state index contributed by atoms with van der Waals surface area (Å²) in [4.78, 5) is 13.4. The molecule has 2 heterocycles. The molecular formula is C26H32ClF2N5O3. The molecule has 2 aromatic carbocycles. The Labute approximate surface area is 220 Å². The second-order valence-electron chi connectivity index (χ2n) is 8.85. The number of hydrogen-bond donors (Lipinski definition) is 3. The van der Waals surface area contributed by atoms with Crippen LogP contribution < -0.4 is 11.1 Å². The zero-order valence-corrected chi connectivity index (χ0v) is 21.6. The quantitative estimate of drug-likeness (QED) is 0.398. The van der Waals surface area contributed by atoms with Crippen LogP contribution in [-0.2, 0) is 11.2 Å². The zero-order chi connectivity index (χ0) is 26.9. The van der Waals surface area contributed by atoms with Gasteiger partial charge in [-0.15, -0.1) is 0 Å². The van der Waals surface area contributed by atoms with Crippen LogP contribution in [0, 0.1) is 11.6 Å². The summed E-state index contributed by atoms with van der Waals surface area (Å²) in [5, 5.41) is 16.5. The van der Waals surface area contributed by atoms with Gasteiger partial charge in [0.05, 0.1) is 24.1 Å². The summed E-state index contributed by atoms with van der Waals surface area (Å²) in [7, 11) is 1.68. The smallest absolute Gasteiger partial charge is 0.317 e. The number of nitrogens with one attached hydrogen (secondary N) is 1. The number of amides is 2. The number of urea groups is 1. The Balaban J connectivity index is 0.000000208. The second-order valence-corrected chi connectivity index (χ2v) is 9.23. The molecule has 2 atom stereocenters. The second kappa shape index (κ2) is 13.5. The molecule has 2 unspecified atom stereocenters.